The summed E-state index contributed by atoms with van der Waals surface area (Å²) in [5.41, 5.74) is 1.73. The first-order chi connectivity index (χ1) is 11.7. The van der Waals surface area contributed by atoms with Crippen molar-refractivity contribution in [2.45, 2.75) is 26.2 Å². The fourth-order valence-electron chi connectivity index (χ4n) is 2.43. The summed E-state index contributed by atoms with van der Waals surface area (Å²) in [6.45, 7) is 6.00. The van der Waals surface area contributed by atoms with Gasteiger partial charge in [0.2, 0.25) is 0 Å². The van der Waals surface area contributed by atoms with E-state index in [2.05, 4.69) is 15.6 Å². The average Bonchev–Trinajstić information content (AvgIpc) is 3.12. The summed E-state index contributed by atoms with van der Waals surface area (Å²) >= 11 is 1.18. The van der Waals surface area contributed by atoms with E-state index < -0.39 is 12.0 Å². The molecule has 6 nitrogen and oxygen atoms in total. The van der Waals surface area contributed by atoms with E-state index in [1.165, 1.54) is 11.3 Å². The molecule has 0 bridgehead atoms. The molecule has 2 heterocycles. The Morgan fingerprint density at radius 2 is 1.88 bits per heavy atom. The number of aromatic nitrogens is 1. The number of thiophene rings is 1. The van der Waals surface area contributed by atoms with Gasteiger partial charge in [-0.2, -0.15) is 0 Å². The maximum atomic E-state index is 12.3. The molecule has 0 saturated heterocycles. The molecule has 0 aliphatic carbocycles. The number of anilines is 2. The Hall–Kier alpha value is -2.80. The Bertz CT molecular complexity index is 950. The number of H-pyrrole nitrogens is 1. The fourth-order valence-corrected chi connectivity index (χ4v) is 3.44. The van der Waals surface area contributed by atoms with Crippen molar-refractivity contribution in [1.29, 1.82) is 0 Å². The molecule has 2 amide bonds. The number of carboxylic acids is 1. The van der Waals surface area contributed by atoms with Crippen molar-refractivity contribution in [3.05, 3.63) is 46.3 Å². The lowest BCUT2D eigenvalue weighted by Gasteiger charge is -2.15. The predicted octanol–water partition coefficient (Wildman–Crippen LogP) is 4.87. The number of carbonyl (C=O) groups is 2. The Labute approximate surface area is 148 Å². The number of hydrogen-bond donors (Lipinski definition) is 4. The van der Waals surface area contributed by atoms with Gasteiger partial charge in [0.25, 0.3) is 0 Å². The molecular formula is C18H19N3O3S. The molecular weight excluding hydrogens is 338 g/mol. The summed E-state index contributed by atoms with van der Waals surface area (Å²) in [5, 5.41) is 15.7. The Morgan fingerprint density at radius 3 is 2.56 bits per heavy atom. The zero-order valence-electron chi connectivity index (χ0n) is 14.1. The second-order valence-electron chi connectivity index (χ2n) is 6.77. The normalized spacial score (nSPS) is 11.5. The quantitative estimate of drug-likeness (QED) is 0.539. The third kappa shape index (κ3) is 3.66. The molecule has 130 valence electrons. The van der Waals surface area contributed by atoms with E-state index in [9.17, 15) is 14.7 Å². The van der Waals surface area contributed by atoms with Crippen LogP contribution in [-0.4, -0.2) is 22.1 Å². The minimum atomic E-state index is -1.05. The molecule has 0 aliphatic heterocycles. The minimum Gasteiger partial charge on any atom is -0.477 e. The summed E-state index contributed by atoms with van der Waals surface area (Å²) in [4.78, 5) is 27.8. The molecule has 7 heteroatoms. The number of rotatable bonds is 3. The van der Waals surface area contributed by atoms with Crippen LogP contribution >= 0.6 is 11.3 Å². The summed E-state index contributed by atoms with van der Waals surface area (Å²) < 4.78 is 0. The van der Waals surface area contributed by atoms with Crippen molar-refractivity contribution in [2.75, 3.05) is 10.6 Å². The highest BCUT2D eigenvalue weighted by molar-refractivity contribution is 7.14. The Balaban J connectivity index is 1.80. The van der Waals surface area contributed by atoms with Crippen LogP contribution in [0.25, 0.3) is 10.9 Å². The molecule has 25 heavy (non-hydrogen) atoms. The van der Waals surface area contributed by atoms with Crippen LogP contribution in [-0.2, 0) is 5.41 Å². The lowest BCUT2D eigenvalue weighted by molar-refractivity contribution is 0.0703. The first kappa shape index (κ1) is 17.0. The number of fused-ring (bicyclic) bond motifs is 1. The zero-order valence-corrected chi connectivity index (χ0v) is 15.0. The van der Waals surface area contributed by atoms with Crippen molar-refractivity contribution >= 4 is 45.6 Å². The van der Waals surface area contributed by atoms with E-state index in [0.717, 1.165) is 15.8 Å². The molecule has 0 radical (unpaired) electrons. The number of urea groups is 1. The third-order valence-electron chi connectivity index (χ3n) is 3.72. The molecule has 4 N–H and O–H groups in total. The van der Waals surface area contributed by atoms with Gasteiger partial charge in [0, 0.05) is 27.7 Å². The summed E-state index contributed by atoms with van der Waals surface area (Å²) in [5.74, 6) is -1.05. The standard InChI is InChI=1S/C18H19N3O3S/c1-18(2,3)14-9-13(15(25-14)16(22)23)21-17(24)20-11-4-5-12-10(8-11)6-7-19-12/h4-9,19H,1-3H3,(H,22,23)(H2,20,21,24). The van der Waals surface area contributed by atoms with E-state index in [-0.39, 0.29) is 10.3 Å². The Kier molecular flexibility index (Phi) is 4.26. The molecule has 0 unspecified atom stereocenters. The van der Waals surface area contributed by atoms with Gasteiger partial charge >= 0.3 is 12.0 Å². The molecule has 0 spiro atoms. The van der Waals surface area contributed by atoms with Gasteiger partial charge in [0.05, 0.1) is 5.69 Å². The van der Waals surface area contributed by atoms with Crippen LogP contribution in [0, 0.1) is 0 Å². The maximum Gasteiger partial charge on any atom is 0.348 e. The fraction of sp³-hybridized carbons (Fsp3) is 0.222. The second kappa shape index (κ2) is 6.25. The van der Waals surface area contributed by atoms with Crippen LogP contribution in [0.2, 0.25) is 0 Å². The van der Waals surface area contributed by atoms with Crippen LogP contribution in [0.1, 0.15) is 35.3 Å². The molecule has 0 fully saturated rings. The third-order valence-corrected chi connectivity index (χ3v) is 5.27. The molecule has 0 saturated carbocycles. The number of benzene rings is 1. The lowest BCUT2D eigenvalue weighted by Crippen LogP contribution is -2.20. The molecule has 0 aliphatic rings. The van der Waals surface area contributed by atoms with Crippen LogP contribution in [0.4, 0.5) is 16.2 Å². The monoisotopic (exact) mass is 357 g/mol. The van der Waals surface area contributed by atoms with Gasteiger partial charge in [-0.25, -0.2) is 9.59 Å². The molecule has 3 aromatic rings. The minimum absolute atomic E-state index is 0.126. The van der Waals surface area contributed by atoms with Gasteiger partial charge in [-0.1, -0.05) is 20.8 Å². The van der Waals surface area contributed by atoms with Gasteiger partial charge in [0.15, 0.2) is 0 Å². The number of aromatic carboxylic acids is 1. The molecule has 1 aromatic carbocycles. The van der Waals surface area contributed by atoms with Gasteiger partial charge in [0.1, 0.15) is 4.88 Å². The number of carboxylic acid groups (broad SMARTS) is 1. The largest absolute Gasteiger partial charge is 0.477 e. The molecule has 0 atom stereocenters. The first-order valence-corrected chi connectivity index (χ1v) is 8.58. The van der Waals surface area contributed by atoms with Crippen molar-refractivity contribution in [2.24, 2.45) is 0 Å². The van der Waals surface area contributed by atoms with Gasteiger partial charge in [-0.3, -0.25) is 0 Å². The highest BCUT2D eigenvalue weighted by atomic mass is 32.1. The Morgan fingerprint density at radius 1 is 1.12 bits per heavy atom. The lowest BCUT2D eigenvalue weighted by atomic mass is 9.94. The van der Waals surface area contributed by atoms with Gasteiger partial charge in [-0.15, -0.1) is 11.3 Å². The number of aromatic amines is 1. The highest BCUT2D eigenvalue weighted by Crippen LogP contribution is 2.35. The SMILES string of the molecule is CC(C)(C)c1cc(NC(=O)Nc2ccc3[nH]ccc3c2)c(C(=O)O)s1. The van der Waals surface area contributed by atoms with E-state index in [1.54, 1.807) is 12.1 Å². The summed E-state index contributed by atoms with van der Waals surface area (Å²) in [6, 6.07) is 8.66. The number of amides is 2. The second-order valence-corrected chi connectivity index (χ2v) is 7.82. The van der Waals surface area contributed by atoms with Gasteiger partial charge < -0.3 is 20.7 Å². The van der Waals surface area contributed by atoms with E-state index in [0.29, 0.717) is 11.4 Å². The predicted molar refractivity (Wildman–Crippen MR) is 101 cm³/mol. The van der Waals surface area contributed by atoms with Crippen molar-refractivity contribution in [1.82, 2.24) is 4.98 Å². The number of carbonyl (C=O) groups excluding carboxylic acids is 1. The van der Waals surface area contributed by atoms with Crippen molar-refractivity contribution in [3.8, 4) is 0 Å². The van der Waals surface area contributed by atoms with E-state index >= 15 is 0 Å². The molecule has 3 rings (SSSR count). The summed E-state index contributed by atoms with van der Waals surface area (Å²) in [7, 11) is 0. The van der Waals surface area contributed by atoms with Gasteiger partial charge in [-0.05, 0) is 35.7 Å². The smallest absolute Gasteiger partial charge is 0.348 e. The average molecular weight is 357 g/mol. The van der Waals surface area contributed by atoms with Crippen molar-refractivity contribution in [3.63, 3.8) is 0 Å². The highest BCUT2D eigenvalue weighted by Gasteiger charge is 2.23. The van der Waals surface area contributed by atoms with Crippen LogP contribution < -0.4 is 10.6 Å². The zero-order chi connectivity index (χ0) is 18.2. The van der Waals surface area contributed by atoms with E-state index in [4.69, 9.17) is 0 Å². The van der Waals surface area contributed by atoms with Crippen molar-refractivity contribution < 1.29 is 14.7 Å². The number of nitrogens with one attached hydrogen (secondary N) is 3. The van der Waals surface area contributed by atoms with Crippen LogP contribution in [0.3, 0.4) is 0 Å². The summed E-state index contributed by atoms with van der Waals surface area (Å²) in [6.07, 6.45) is 1.83. The topological polar surface area (TPSA) is 94.2 Å². The first-order valence-electron chi connectivity index (χ1n) is 7.77. The van der Waals surface area contributed by atoms with Crippen LogP contribution in [0.15, 0.2) is 36.5 Å². The maximum absolute atomic E-state index is 12.3. The van der Waals surface area contributed by atoms with Crippen LogP contribution in [0.5, 0.6) is 0 Å². The number of hydrogen-bond acceptors (Lipinski definition) is 3. The van der Waals surface area contributed by atoms with E-state index in [1.807, 2.05) is 45.2 Å². The molecule has 2 aromatic heterocycles.